The maximum Gasteiger partial charge on any atom is 0.407 e. The number of hydrogen-bond donors (Lipinski definition) is 2. The number of nitrogens with one attached hydrogen (secondary N) is 2. The SMILES string of the molecule is COC(=O)[C@H](Cc1ccc(OCc2ccccc2)c(OCc2ccccc2)c1)NC(=O)CCCCCNC(=O)OCc1ccccc1. The summed E-state index contributed by atoms with van der Waals surface area (Å²) in [7, 11) is 1.30. The van der Waals surface area contributed by atoms with Gasteiger partial charge in [-0.25, -0.2) is 9.59 Å². The lowest BCUT2D eigenvalue weighted by molar-refractivity contribution is -0.145. The molecule has 0 radical (unpaired) electrons. The van der Waals surface area contributed by atoms with Crippen molar-refractivity contribution in [3.63, 3.8) is 0 Å². The molecule has 0 aliphatic carbocycles. The largest absolute Gasteiger partial charge is 0.485 e. The van der Waals surface area contributed by atoms with Gasteiger partial charge in [-0.15, -0.1) is 0 Å². The van der Waals surface area contributed by atoms with Crippen molar-refractivity contribution in [1.82, 2.24) is 10.6 Å². The van der Waals surface area contributed by atoms with Crippen LogP contribution in [0.5, 0.6) is 11.5 Å². The van der Waals surface area contributed by atoms with E-state index in [4.69, 9.17) is 18.9 Å². The number of alkyl carbamates (subject to hydrolysis) is 1. The summed E-state index contributed by atoms with van der Waals surface area (Å²) in [6.45, 7) is 1.37. The number of hydrogen-bond acceptors (Lipinski definition) is 7. The Balaban J connectivity index is 1.26. The van der Waals surface area contributed by atoms with Crippen LogP contribution in [0.25, 0.3) is 0 Å². The Morgan fingerprint density at radius 1 is 0.638 bits per heavy atom. The molecule has 0 heterocycles. The molecular formula is C38H42N2O7. The number of rotatable bonds is 18. The van der Waals surface area contributed by atoms with Crippen LogP contribution >= 0.6 is 0 Å². The van der Waals surface area contributed by atoms with Crippen LogP contribution in [0.4, 0.5) is 4.79 Å². The highest BCUT2D eigenvalue weighted by molar-refractivity contribution is 5.84. The first kappa shape index (κ1) is 34.6. The topological polar surface area (TPSA) is 112 Å². The molecule has 0 bridgehead atoms. The van der Waals surface area contributed by atoms with E-state index < -0.39 is 18.1 Å². The van der Waals surface area contributed by atoms with E-state index in [2.05, 4.69) is 10.6 Å². The molecule has 0 aliphatic heterocycles. The third-order valence-electron chi connectivity index (χ3n) is 7.31. The Kier molecular flexibility index (Phi) is 14.2. The summed E-state index contributed by atoms with van der Waals surface area (Å²) in [6.07, 6.45) is 2.00. The minimum Gasteiger partial charge on any atom is -0.485 e. The van der Waals surface area contributed by atoms with Crippen molar-refractivity contribution < 1.29 is 33.3 Å². The van der Waals surface area contributed by atoms with E-state index >= 15 is 0 Å². The van der Waals surface area contributed by atoms with Crippen molar-refractivity contribution >= 4 is 18.0 Å². The zero-order chi connectivity index (χ0) is 33.1. The molecular weight excluding hydrogens is 596 g/mol. The van der Waals surface area contributed by atoms with Crippen molar-refractivity contribution in [3.8, 4) is 11.5 Å². The van der Waals surface area contributed by atoms with Crippen LogP contribution in [-0.2, 0) is 45.3 Å². The fourth-order valence-corrected chi connectivity index (χ4v) is 4.77. The van der Waals surface area contributed by atoms with Gasteiger partial charge in [-0.2, -0.15) is 0 Å². The van der Waals surface area contributed by atoms with Gasteiger partial charge in [0, 0.05) is 19.4 Å². The minimum absolute atomic E-state index is 0.211. The Bertz CT molecular complexity index is 1530. The molecule has 0 aliphatic rings. The standard InChI is InChI=1S/C38H42N2O7/c1-44-37(42)33(40-36(41)20-12-5-13-23-39-38(43)47-28-31-18-10-4-11-19-31)24-32-21-22-34(45-26-29-14-6-2-7-15-29)35(25-32)46-27-30-16-8-3-9-17-30/h2-4,6-11,14-19,21-22,25,33H,5,12-13,20,23-24,26-28H2,1H3,(H,39,43)(H,40,41)/t33-/m0/s1. The molecule has 4 rings (SSSR count). The van der Waals surface area contributed by atoms with Crippen LogP contribution in [0.2, 0.25) is 0 Å². The second kappa shape index (κ2) is 19.3. The second-order valence-corrected chi connectivity index (χ2v) is 11.0. The Hall–Kier alpha value is -5.31. The molecule has 0 unspecified atom stereocenters. The quantitative estimate of drug-likeness (QED) is 0.0941. The lowest BCUT2D eigenvalue weighted by Gasteiger charge is -2.19. The monoisotopic (exact) mass is 638 g/mol. The highest BCUT2D eigenvalue weighted by Gasteiger charge is 2.23. The maximum atomic E-state index is 12.8. The van der Waals surface area contributed by atoms with Crippen molar-refractivity contribution in [1.29, 1.82) is 0 Å². The van der Waals surface area contributed by atoms with Gasteiger partial charge in [0.1, 0.15) is 25.9 Å². The van der Waals surface area contributed by atoms with E-state index in [9.17, 15) is 14.4 Å². The van der Waals surface area contributed by atoms with Crippen molar-refractivity contribution in [3.05, 3.63) is 131 Å². The van der Waals surface area contributed by atoms with Crippen molar-refractivity contribution in [2.75, 3.05) is 13.7 Å². The summed E-state index contributed by atoms with van der Waals surface area (Å²) in [5.41, 5.74) is 3.73. The van der Waals surface area contributed by atoms with E-state index in [1.165, 1.54) is 7.11 Å². The summed E-state index contributed by atoms with van der Waals surface area (Å²) in [5.74, 6) is 0.327. The molecule has 2 amide bonds. The van der Waals surface area contributed by atoms with Gasteiger partial charge in [-0.3, -0.25) is 4.79 Å². The fourth-order valence-electron chi connectivity index (χ4n) is 4.77. The normalized spacial score (nSPS) is 11.2. The van der Waals surface area contributed by atoms with Gasteiger partial charge in [-0.1, -0.05) is 103 Å². The van der Waals surface area contributed by atoms with Crippen LogP contribution in [0.1, 0.15) is 47.9 Å². The van der Waals surface area contributed by atoms with Crippen LogP contribution < -0.4 is 20.1 Å². The molecule has 47 heavy (non-hydrogen) atoms. The molecule has 0 fully saturated rings. The smallest absolute Gasteiger partial charge is 0.407 e. The van der Waals surface area contributed by atoms with Gasteiger partial charge < -0.3 is 29.6 Å². The summed E-state index contributed by atoms with van der Waals surface area (Å²) >= 11 is 0. The third-order valence-corrected chi connectivity index (χ3v) is 7.31. The summed E-state index contributed by atoms with van der Waals surface area (Å²) in [4.78, 5) is 37.3. The lowest BCUT2D eigenvalue weighted by atomic mass is 10.0. The average Bonchev–Trinajstić information content (AvgIpc) is 3.11. The van der Waals surface area contributed by atoms with Crippen LogP contribution in [0, 0.1) is 0 Å². The average molecular weight is 639 g/mol. The van der Waals surface area contributed by atoms with Gasteiger partial charge >= 0.3 is 12.1 Å². The predicted octanol–water partition coefficient (Wildman–Crippen LogP) is 6.53. The molecule has 0 aromatic heterocycles. The molecule has 9 nitrogen and oxygen atoms in total. The summed E-state index contributed by atoms with van der Waals surface area (Å²) in [6, 6.07) is 33.8. The molecule has 246 valence electrons. The zero-order valence-corrected chi connectivity index (χ0v) is 26.7. The Morgan fingerprint density at radius 2 is 1.21 bits per heavy atom. The Labute approximate surface area is 276 Å². The first-order valence-corrected chi connectivity index (χ1v) is 15.8. The van der Waals surface area contributed by atoms with E-state index in [1.54, 1.807) is 0 Å². The third kappa shape index (κ3) is 12.5. The molecule has 0 saturated heterocycles. The lowest BCUT2D eigenvalue weighted by Crippen LogP contribution is -2.43. The number of amides is 2. The molecule has 2 N–H and O–H groups in total. The number of methoxy groups -OCH3 is 1. The van der Waals surface area contributed by atoms with Crippen LogP contribution in [-0.4, -0.2) is 37.7 Å². The number of unbranched alkanes of at least 4 members (excludes halogenated alkanes) is 2. The first-order valence-electron chi connectivity index (χ1n) is 15.8. The summed E-state index contributed by atoms with van der Waals surface area (Å²) < 4.78 is 22.5. The number of carbonyl (C=O) groups excluding carboxylic acids is 3. The van der Waals surface area contributed by atoms with Crippen LogP contribution in [0.3, 0.4) is 0 Å². The van der Waals surface area contributed by atoms with Gasteiger partial charge in [0.25, 0.3) is 0 Å². The molecule has 4 aromatic carbocycles. The van der Waals surface area contributed by atoms with Gasteiger partial charge in [0.2, 0.25) is 5.91 Å². The minimum atomic E-state index is -0.869. The molecule has 9 heteroatoms. The predicted molar refractivity (Wildman–Crippen MR) is 179 cm³/mol. The second-order valence-electron chi connectivity index (χ2n) is 11.0. The fraction of sp³-hybridized carbons (Fsp3) is 0.289. The highest BCUT2D eigenvalue weighted by Crippen LogP contribution is 2.31. The number of benzene rings is 4. The number of esters is 1. The van der Waals surface area contributed by atoms with Crippen LogP contribution in [0.15, 0.2) is 109 Å². The molecule has 0 saturated carbocycles. The summed E-state index contributed by atoms with van der Waals surface area (Å²) in [5, 5.41) is 5.54. The van der Waals surface area contributed by atoms with Crippen molar-refractivity contribution in [2.45, 2.75) is 58.0 Å². The molecule has 0 spiro atoms. The Morgan fingerprint density at radius 3 is 1.81 bits per heavy atom. The highest BCUT2D eigenvalue weighted by atomic mass is 16.5. The van der Waals surface area contributed by atoms with Gasteiger partial charge in [0.05, 0.1) is 7.11 Å². The molecule has 1 atom stereocenters. The van der Waals surface area contributed by atoms with E-state index in [-0.39, 0.29) is 25.4 Å². The van der Waals surface area contributed by atoms with Gasteiger partial charge in [0.15, 0.2) is 11.5 Å². The maximum absolute atomic E-state index is 12.8. The first-order chi connectivity index (χ1) is 23.0. The van der Waals surface area contributed by atoms with Gasteiger partial charge in [-0.05, 0) is 47.2 Å². The number of ether oxygens (including phenoxy) is 4. The van der Waals surface area contributed by atoms with E-state index in [1.807, 2.05) is 109 Å². The number of carbonyl (C=O) groups is 3. The molecule has 4 aromatic rings. The van der Waals surface area contributed by atoms with E-state index in [0.717, 1.165) is 28.7 Å². The van der Waals surface area contributed by atoms with Crippen molar-refractivity contribution in [2.24, 2.45) is 0 Å². The van der Waals surface area contributed by atoms with E-state index in [0.29, 0.717) is 44.1 Å². The zero-order valence-electron chi connectivity index (χ0n) is 26.7.